The van der Waals surface area contributed by atoms with E-state index in [1.165, 1.54) is 6.92 Å². The average Bonchev–Trinajstić information content (AvgIpc) is 1.82. The van der Waals surface area contributed by atoms with Crippen molar-refractivity contribution >= 4 is 8.03 Å². The molecule has 0 rings (SSSR count). The first-order chi connectivity index (χ1) is 4.54. The first-order valence-corrected chi connectivity index (χ1v) is 4.56. The lowest BCUT2D eigenvalue weighted by Crippen LogP contribution is -2.00. The van der Waals surface area contributed by atoms with E-state index in [1.807, 2.05) is 13.8 Å². The summed E-state index contributed by atoms with van der Waals surface area (Å²) in [7, 11) is -1.87. The van der Waals surface area contributed by atoms with Gasteiger partial charge in [0.2, 0.25) is 0 Å². The Hall–Kier alpha value is 0.0200. The molecular formula is C6H14O3P+. The van der Waals surface area contributed by atoms with Gasteiger partial charge in [0.25, 0.3) is 5.85 Å². The molecule has 0 heterocycles. The quantitative estimate of drug-likeness (QED) is 0.645. The highest BCUT2D eigenvalue weighted by Crippen LogP contribution is 2.27. The Morgan fingerprint density at radius 3 is 2.30 bits per heavy atom. The molecule has 0 aromatic heterocycles. The molecule has 0 radical (unpaired) electrons. The highest BCUT2D eigenvalue weighted by Gasteiger charge is 2.25. The number of rotatable bonds is 4. The number of hydrogen-bond acceptors (Lipinski definition) is 3. The van der Waals surface area contributed by atoms with Crippen LogP contribution in [-0.4, -0.2) is 17.6 Å². The van der Waals surface area contributed by atoms with Gasteiger partial charge < -0.3 is 5.11 Å². The molecule has 0 saturated heterocycles. The van der Waals surface area contributed by atoms with Crippen LogP contribution >= 0.6 is 8.03 Å². The molecule has 0 aromatic carbocycles. The molecular weight excluding hydrogens is 151 g/mol. The van der Waals surface area contributed by atoms with Gasteiger partial charge in [-0.25, -0.2) is 0 Å². The fourth-order valence-corrected chi connectivity index (χ4v) is 0.991. The molecule has 0 fully saturated rings. The molecule has 3 nitrogen and oxygen atoms in total. The molecule has 0 amide bonds. The van der Waals surface area contributed by atoms with Crippen molar-refractivity contribution in [3.8, 4) is 0 Å². The van der Waals surface area contributed by atoms with E-state index in [1.54, 1.807) is 0 Å². The molecule has 0 aliphatic carbocycles. The summed E-state index contributed by atoms with van der Waals surface area (Å²) in [5.74, 6) is -0.494. The van der Waals surface area contributed by atoms with Crippen molar-refractivity contribution in [1.29, 1.82) is 0 Å². The van der Waals surface area contributed by atoms with Crippen molar-refractivity contribution in [1.82, 2.24) is 0 Å². The van der Waals surface area contributed by atoms with E-state index in [2.05, 4.69) is 0 Å². The maximum Gasteiger partial charge on any atom is 0.539 e. The summed E-state index contributed by atoms with van der Waals surface area (Å²) >= 11 is 0. The van der Waals surface area contributed by atoms with E-state index in [9.17, 15) is 4.57 Å². The van der Waals surface area contributed by atoms with Crippen molar-refractivity contribution < 1.29 is 14.2 Å². The first-order valence-electron chi connectivity index (χ1n) is 3.31. The SMILES string of the molecule is CC(C)CO[P+](=O)C(C)O. The minimum absolute atomic E-state index is 0.359. The van der Waals surface area contributed by atoms with Crippen LogP contribution in [0.5, 0.6) is 0 Å². The van der Waals surface area contributed by atoms with Gasteiger partial charge in [0, 0.05) is 6.92 Å². The molecule has 4 heteroatoms. The molecule has 0 bridgehead atoms. The third-order valence-corrected chi connectivity index (χ3v) is 1.85. The summed E-state index contributed by atoms with van der Waals surface area (Å²) in [5, 5.41) is 8.73. The van der Waals surface area contributed by atoms with Gasteiger partial charge in [-0.3, -0.25) is 0 Å². The monoisotopic (exact) mass is 165 g/mol. The zero-order valence-electron chi connectivity index (χ0n) is 6.57. The molecule has 0 aliphatic heterocycles. The van der Waals surface area contributed by atoms with Crippen molar-refractivity contribution in [3.63, 3.8) is 0 Å². The fourth-order valence-electron chi connectivity index (χ4n) is 0.330. The normalized spacial score (nSPS) is 15.5. The number of aliphatic hydroxyl groups is 1. The Labute approximate surface area is 62.3 Å². The fraction of sp³-hybridized carbons (Fsp3) is 1.00. The highest BCUT2D eigenvalue weighted by atomic mass is 31.1. The molecule has 60 valence electrons. The van der Waals surface area contributed by atoms with E-state index >= 15 is 0 Å². The number of hydrogen-bond donors (Lipinski definition) is 1. The lowest BCUT2D eigenvalue weighted by molar-refractivity contribution is 0.219. The maximum atomic E-state index is 10.7. The second kappa shape index (κ2) is 4.78. The maximum absolute atomic E-state index is 10.7. The van der Waals surface area contributed by atoms with Gasteiger partial charge in [-0.15, -0.1) is 4.52 Å². The Kier molecular flexibility index (Phi) is 4.79. The van der Waals surface area contributed by atoms with Crippen LogP contribution in [-0.2, 0) is 9.09 Å². The minimum atomic E-state index is -1.87. The van der Waals surface area contributed by atoms with Crippen LogP contribution in [0.1, 0.15) is 20.8 Å². The van der Waals surface area contributed by atoms with E-state index in [0.29, 0.717) is 12.5 Å². The number of aliphatic hydroxyl groups excluding tert-OH is 1. The molecule has 0 aliphatic rings. The second-order valence-electron chi connectivity index (χ2n) is 2.61. The Bertz CT molecular complexity index is 112. The molecule has 2 unspecified atom stereocenters. The van der Waals surface area contributed by atoms with Gasteiger partial charge in [-0.1, -0.05) is 13.8 Å². The van der Waals surface area contributed by atoms with Gasteiger partial charge in [0.05, 0.1) is 0 Å². The lowest BCUT2D eigenvalue weighted by Gasteiger charge is -1.96. The van der Waals surface area contributed by atoms with Crippen molar-refractivity contribution in [2.45, 2.75) is 26.6 Å². The zero-order valence-corrected chi connectivity index (χ0v) is 7.47. The van der Waals surface area contributed by atoms with Gasteiger partial charge in [-0.2, -0.15) is 0 Å². The van der Waals surface area contributed by atoms with Gasteiger partial charge in [0.15, 0.2) is 0 Å². The second-order valence-corrected chi connectivity index (χ2v) is 4.18. The molecule has 0 saturated carbocycles. The largest absolute Gasteiger partial charge is 0.539 e. The summed E-state index contributed by atoms with van der Waals surface area (Å²) in [6.07, 6.45) is 0. The van der Waals surface area contributed by atoms with E-state index in [4.69, 9.17) is 9.63 Å². The summed E-state index contributed by atoms with van der Waals surface area (Å²) in [6.45, 7) is 5.83. The molecule has 0 spiro atoms. The van der Waals surface area contributed by atoms with Crippen LogP contribution < -0.4 is 0 Å². The van der Waals surface area contributed by atoms with Gasteiger partial charge in [-0.05, 0) is 10.5 Å². The molecule has 0 aromatic rings. The predicted molar refractivity (Wildman–Crippen MR) is 40.1 cm³/mol. The average molecular weight is 165 g/mol. The van der Waals surface area contributed by atoms with Gasteiger partial charge >= 0.3 is 8.03 Å². The Balaban J connectivity index is 3.40. The van der Waals surface area contributed by atoms with Gasteiger partial charge in [0.1, 0.15) is 6.61 Å². The predicted octanol–water partition coefficient (Wildman–Crippen LogP) is 1.74. The van der Waals surface area contributed by atoms with Crippen LogP contribution in [0, 0.1) is 5.92 Å². The summed E-state index contributed by atoms with van der Waals surface area (Å²) in [5.41, 5.74) is 0. The smallest absolute Gasteiger partial charge is 0.349 e. The molecule has 10 heavy (non-hydrogen) atoms. The van der Waals surface area contributed by atoms with Crippen LogP contribution in [0.4, 0.5) is 0 Å². The summed E-state index contributed by atoms with van der Waals surface area (Å²) in [4.78, 5) is 0. The van der Waals surface area contributed by atoms with Crippen LogP contribution in [0.3, 0.4) is 0 Å². The summed E-state index contributed by atoms with van der Waals surface area (Å²) in [6, 6.07) is 0. The Morgan fingerprint density at radius 1 is 1.50 bits per heavy atom. The lowest BCUT2D eigenvalue weighted by atomic mass is 10.2. The van der Waals surface area contributed by atoms with Crippen LogP contribution in [0.2, 0.25) is 0 Å². The standard InChI is InChI=1S/C6H14O3P/c1-5(2)4-9-10(8)6(3)7/h5-7H,4H2,1-3H3/q+1. The molecule has 1 N–H and O–H groups in total. The first kappa shape index (κ1) is 10.0. The van der Waals surface area contributed by atoms with E-state index < -0.39 is 13.9 Å². The third kappa shape index (κ3) is 4.86. The van der Waals surface area contributed by atoms with Crippen molar-refractivity contribution in [2.24, 2.45) is 5.92 Å². The summed E-state index contributed by atoms with van der Waals surface area (Å²) < 4.78 is 15.5. The highest BCUT2D eigenvalue weighted by molar-refractivity contribution is 7.39. The zero-order chi connectivity index (χ0) is 8.15. The van der Waals surface area contributed by atoms with Crippen molar-refractivity contribution in [3.05, 3.63) is 0 Å². The topological polar surface area (TPSA) is 46.5 Å². The van der Waals surface area contributed by atoms with Crippen molar-refractivity contribution in [2.75, 3.05) is 6.61 Å². The Morgan fingerprint density at radius 2 is 2.00 bits per heavy atom. The molecule has 2 atom stereocenters. The minimum Gasteiger partial charge on any atom is -0.349 e. The van der Waals surface area contributed by atoms with Crippen LogP contribution in [0.15, 0.2) is 0 Å². The third-order valence-electron chi connectivity index (χ3n) is 0.840. The van der Waals surface area contributed by atoms with E-state index in [-0.39, 0.29) is 0 Å². The van der Waals surface area contributed by atoms with Crippen LogP contribution in [0.25, 0.3) is 0 Å². The van der Waals surface area contributed by atoms with E-state index in [0.717, 1.165) is 0 Å².